The molecule has 0 saturated heterocycles. The number of primary amides is 1. The Kier molecular flexibility index (Phi) is 2.34. The molecule has 4 heteroatoms. The summed E-state index contributed by atoms with van der Waals surface area (Å²) < 4.78 is 0. The van der Waals surface area contributed by atoms with Crippen molar-refractivity contribution in [2.75, 3.05) is 0 Å². The summed E-state index contributed by atoms with van der Waals surface area (Å²) in [5.41, 5.74) is 8.86. The maximum atomic E-state index is 11.0. The highest BCUT2D eigenvalue weighted by atomic mass is 16.1. The van der Waals surface area contributed by atoms with Gasteiger partial charge in [-0.05, 0) is 35.4 Å². The van der Waals surface area contributed by atoms with E-state index in [9.17, 15) is 4.79 Å². The molecule has 0 aliphatic rings. The highest BCUT2D eigenvalue weighted by Crippen LogP contribution is 2.23. The van der Waals surface area contributed by atoms with Crippen molar-refractivity contribution in [3.05, 3.63) is 54.2 Å². The van der Waals surface area contributed by atoms with Crippen molar-refractivity contribution < 1.29 is 4.79 Å². The van der Waals surface area contributed by atoms with E-state index in [1.54, 1.807) is 18.3 Å². The number of hydrogen-bond donors (Lipinski definition) is 2. The number of hydrogen-bond acceptors (Lipinski definition) is 2. The van der Waals surface area contributed by atoms with Crippen LogP contribution >= 0.6 is 0 Å². The molecular weight excluding hydrogens is 226 g/mol. The molecule has 1 amide bonds. The number of carbonyl (C=O) groups is 1. The van der Waals surface area contributed by atoms with Gasteiger partial charge in [-0.3, -0.25) is 9.89 Å². The molecule has 4 nitrogen and oxygen atoms in total. The lowest BCUT2D eigenvalue weighted by atomic mass is 10.0. The zero-order valence-electron chi connectivity index (χ0n) is 9.55. The number of carbonyl (C=O) groups excluding carboxylic acids is 1. The number of H-pyrrole nitrogens is 1. The van der Waals surface area contributed by atoms with Gasteiger partial charge in [-0.25, -0.2) is 0 Å². The maximum Gasteiger partial charge on any atom is 0.248 e. The van der Waals surface area contributed by atoms with Gasteiger partial charge in [0.05, 0.1) is 11.7 Å². The Hall–Kier alpha value is -2.62. The Morgan fingerprint density at radius 1 is 1.06 bits per heavy atom. The fourth-order valence-electron chi connectivity index (χ4n) is 1.95. The van der Waals surface area contributed by atoms with Gasteiger partial charge in [0.1, 0.15) is 0 Å². The molecule has 0 radical (unpaired) electrons. The van der Waals surface area contributed by atoms with E-state index >= 15 is 0 Å². The molecule has 1 heterocycles. The summed E-state index contributed by atoms with van der Waals surface area (Å²) in [6.07, 6.45) is 1.79. The molecule has 0 spiro atoms. The molecule has 18 heavy (non-hydrogen) atoms. The molecule has 3 rings (SSSR count). The molecule has 88 valence electrons. The number of aromatic nitrogens is 2. The van der Waals surface area contributed by atoms with Gasteiger partial charge < -0.3 is 5.73 Å². The lowest BCUT2D eigenvalue weighted by Crippen LogP contribution is -2.10. The highest BCUT2D eigenvalue weighted by molar-refractivity contribution is 5.93. The van der Waals surface area contributed by atoms with Gasteiger partial charge in [0.25, 0.3) is 0 Å². The van der Waals surface area contributed by atoms with Crippen LogP contribution in [0.15, 0.2) is 48.7 Å². The summed E-state index contributed by atoms with van der Waals surface area (Å²) in [6, 6.07) is 13.3. The molecule has 0 fully saturated rings. The number of nitrogens with zero attached hydrogens (tertiary/aromatic N) is 1. The molecule has 1 aromatic heterocycles. The SMILES string of the molecule is NC(=O)c1ccc(-c2ccc3[nH]ncc3c2)cc1. The van der Waals surface area contributed by atoms with Gasteiger partial charge in [0, 0.05) is 10.9 Å². The van der Waals surface area contributed by atoms with Crippen LogP contribution < -0.4 is 5.73 Å². The van der Waals surface area contributed by atoms with Crippen LogP contribution in [0.2, 0.25) is 0 Å². The van der Waals surface area contributed by atoms with Gasteiger partial charge >= 0.3 is 0 Å². The molecule has 0 saturated carbocycles. The predicted molar refractivity (Wildman–Crippen MR) is 70.0 cm³/mol. The van der Waals surface area contributed by atoms with Crippen LogP contribution in [0.1, 0.15) is 10.4 Å². The standard InChI is InChI=1S/C14H11N3O/c15-14(18)10-3-1-9(2-4-10)11-5-6-13-12(7-11)8-16-17-13/h1-8H,(H2,15,18)(H,16,17). The minimum Gasteiger partial charge on any atom is -0.366 e. The number of rotatable bonds is 2. The summed E-state index contributed by atoms with van der Waals surface area (Å²) in [6.45, 7) is 0. The van der Waals surface area contributed by atoms with Gasteiger partial charge in [-0.1, -0.05) is 18.2 Å². The molecule has 0 atom stereocenters. The number of nitrogens with two attached hydrogens (primary N) is 1. The monoisotopic (exact) mass is 237 g/mol. The van der Waals surface area contributed by atoms with Gasteiger partial charge in [0.2, 0.25) is 5.91 Å². The van der Waals surface area contributed by atoms with Gasteiger partial charge in [-0.2, -0.15) is 5.10 Å². The van der Waals surface area contributed by atoms with Crippen molar-refractivity contribution in [1.82, 2.24) is 10.2 Å². The minimum absolute atomic E-state index is 0.410. The van der Waals surface area contributed by atoms with Crippen LogP contribution in [0.5, 0.6) is 0 Å². The number of benzene rings is 2. The molecule has 0 bridgehead atoms. The number of amides is 1. The zero-order chi connectivity index (χ0) is 12.5. The molecule has 0 aliphatic carbocycles. The lowest BCUT2D eigenvalue weighted by molar-refractivity contribution is 0.100. The van der Waals surface area contributed by atoms with E-state index in [1.807, 2.05) is 24.3 Å². The van der Waals surface area contributed by atoms with E-state index in [1.165, 1.54) is 0 Å². The summed E-state index contributed by atoms with van der Waals surface area (Å²) in [4.78, 5) is 11.0. The molecule has 2 aromatic carbocycles. The Morgan fingerprint density at radius 2 is 1.78 bits per heavy atom. The fourth-order valence-corrected chi connectivity index (χ4v) is 1.95. The zero-order valence-corrected chi connectivity index (χ0v) is 9.55. The van der Waals surface area contributed by atoms with Crippen LogP contribution in [-0.2, 0) is 0 Å². The van der Waals surface area contributed by atoms with E-state index in [0.717, 1.165) is 22.0 Å². The third-order valence-electron chi connectivity index (χ3n) is 2.94. The molecule has 3 aromatic rings. The third kappa shape index (κ3) is 1.73. The second kappa shape index (κ2) is 4.00. The predicted octanol–water partition coefficient (Wildman–Crippen LogP) is 2.33. The third-order valence-corrected chi connectivity index (χ3v) is 2.94. The summed E-state index contributed by atoms with van der Waals surface area (Å²) in [7, 11) is 0. The van der Waals surface area contributed by atoms with Crippen LogP contribution in [0, 0.1) is 0 Å². The second-order valence-electron chi connectivity index (χ2n) is 4.11. The number of nitrogens with one attached hydrogen (secondary N) is 1. The van der Waals surface area contributed by atoms with Gasteiger partial charge in [-0.15, -0.1) is 0 Å². The first-order chi connectivity index (χ1) is 8.74. The quantitative estimate of drug-likeness (QED) is 0.718. The minimum atomic E-state index is -0.410. The van der Waals surface area contributed by atoms with Crippen LogP contribution in [0.4, 0.5) is 0 Å². The van der Waals surface area contributed by atoms with E-state index in [-0.39, 0.29) is 0 Å². The first-order valence-corrected chi connectivity index (χ1v) is 5.57. The number of aromatic amines is 1. The molecular formula is C14H11N3O. The molecule has 0 unspecified atom stereocenters. The first-order valence-electron chi connectivity index (χ1n) is 5.57. The largest absolute Gasteiger partial charge is 0.366 e. The Balaban J connectivity index is 2.05. The number of fused-ring (bicyclic) bond motifs is 1. The van der Waals surface area contributed by atoms with Crippen LogP contribution in [-0.4, -0.2) is 16.1 Å². The van der Waals surface area contributed by atoms with Crippen molar-refractivity contribution in [3.63, 3.8) is 0 Å². The highest BCUT2D eigenvalue weighted by Gasteiger charge is 2.03. The Bertz CT molecular complexity index is 713. The van der Waals surface area contributed by atoms with Crippen LogP contribution in [0.3, 0.4) is 0 Å². The van der Waals surface area contributed by atoms with Crippen molar-refractivity contribution in [2.45, 2.75) is 0 Å². The first kappa shape index (κ1) is 10.5. The van der Waals surface area contributed by atoms with Crippen LogP contribution in [0.25, 0.3) is 22.0 Å². The summed E-state index contributed by atoms with van der Waals surface area (Å²) >= 11 is 0. The van der Waals surface area contributed by atoms with E-state index in [0.29, 0.717) is 5.56 Å². The summed E-state index contributed by atoms with van der Waals surface area (Å²) in [5, 5.41) is 7.96. The van der Waals surface area contributed by atoms with Crippen molar-refractivity contribution in [2.24, 2.45) is 5.73 Å². The van der Waals surface area contributed by atoms with E-state index in [2.05, 4.69) is 16.3 Å². The average Bonchev–Trinajstić information content (AvgIpc) is 2.86. The van der Waals surface area contributed by atoms with Crippen molar-refractivity contribution in [3.8, 4) is 11.1 Å². The lowest BCUT2D eigenvalue weighted by Gasteiger charge is -2.02. The summed E-state index contributed by atoms with van der Waals surface area (Å²) in [5.74, 6) is -0.410. The smallest absolute Gasteiger partial charge is 0.248 e. The van der Waals surface area contributed by atoms with E-state index < -0.39 is 5.91 Å². The average molecular weight is 237 g/mol. The maximum absolute atomic E-state index is 11.0. The van der Waals surface area contributed by atoms with Gasteiger partial charge in [0.15, 0.2) is 0 Å². The fraction of sp³-hybridized carbons (Fsp3) is 0. The van der Waals surface area contributed by atoms with E-state index in [4.69, 9.17) is 5.73 Å². The molecule has 3 N–H and O–H groups in total. The van der Waals surface area contributed by atoms with Crippen molar-refractivity contribution in [1.29, 1.82) is 0 Å². The normalized spacial score (nSPS) is 10.7. The Morgan fingerprint density at radius 3 is 2.50 bits per heavy atom. The Labute approximate surface area is 103 Å². The topological polar surface area (TPSA) is 71.8 Å². The van der Waals surface area contributed by atoms with Crippen molar-refractivity contribution >= 4 is 16.8 Å². The second-order valence-corrected chi connectivity index (χ2v) is 4.11. The molecule has 0 aliphatic heterocycles.